The molecule has 0 aliphatic carbocycles. The Morgan fingerprint density at radius 3 is 2.30 bits per heavy atom. The Bertz CT molecular complexity index is 1050. The highest BCUT2D eigenvalue weighted by Crippen LogP contribution is 2.26. The van der Waals surface area contributed by atoms with E-state index in [1.165, 1.54) is 12.1 Å². The average molecular weight is 449 g/mol. The maximum absolute atomic E-state index is 13.5. The van der Waals surface area contributed by atoms with E-state index >= 15 is 0 Å². The number of rotatable bonds is 10. The SMILES string of the molecule is CCCC(=O)N(Cc1ccc(F)cc1)C(C(=O)NCc1ccccc1OC)c1ccccc1. The van der Waals surface area contributed by atoms with Gasteiger partial charge in [0, 0.05) is 25.1 Å². The molecular formula is C27H29FN2O3. The zero-order valence-electron chi connectivity index (χ0n) is 19.0. The molecule has 1 unspecified atom stereocenters. The summed E-state index contributed by atoms with van der Waals surface area (Å²) in [4.78, 5) is 28.2. The maximum atomic E-state index is 13.5. The van der Waals surface area contributed by atoms with Gasteiger partial charge in [0.05, 0.1) is 7.11 Å². The van der Waals surface area contributed by atoms with Crippen LogP contribution < -0.4 is 10.1 Å². The van der Waals surface area contributed by atoms with Gasteiger partial charge in [-0.1, -0.05) is 67.6 Å². The molecule has 0 aromatic heterocycles. The Kier molecular flexibility index (Phi) is 8.58. The van der Waals surface area contributed by atoms with Gasteiger partial charge in [-0.2, -0.15) is 0 Å². The van der Waals surface area contributed by atoms with Gasteiger partial charge in [0.1, 0.15) is 17.6 Å². The van der Waals surface area contributed by atoms with Gasteiger partial charge in [-0.15, -0.1) is 0 Å². The third-order valence-corrected chi connectivity index (χ3v) is 5.37. The van der Waals surface area contributed by atoms with E-state index in [1.54, 1.807) is 24.1 Å². The molecule has 3 aromatic rings. The van der Waals surface area contributed by atoms with Crippen LogP contribution in [0.2, 0.25) is 0 Å². The molecule has 33 heavy (non-hydrogen) atoms. The predicted molar refractivity (Wildman–Crippen MR) is 126 cm³/mol. The largest absolute Gasteiger partial charge is 0.496 e. The molecule has 0 saturated heterocycles. The van der Waals surface area contributed by atoms with Gasteiger partial charge in [-0.25, -0.2) is 4.39 Å². The molecule has 0 heterocycles. The lowest BCUT2D eigenvalue weighted by Gasteiger charge is -2.31. The second-order valence-corrected chi connectivity index (χ2v) is 7.74. The van der Waals surface area contributed by atoms with E-state index in [4.69, 9.17) is 4.74 Å². The normalized spacial score (nSPS) is 11.5. The number of ether oxygens (including phenoxy) is 1. The first-order valence-corrected chi connectivity index (χ1v) is 11.0. The lowest BCUT2D eigenvalue weighted by Crippen LogP contribution is -2.43. The van der Waals surface area contributed by atoms with Crippen molar-refractivity contribution < 1.29 is 18.7 Å². The van der Waals surface area contributed by atoms with Crippen LogP contribution in [0.4, 0.5) is 4.39 Å². The van der Waals surface area contributed by atoms with Crippen molar-refractivity contribution in [3.8, 4) is 5.75 Å². The summed E-state index contributed by atoms with van der Waals surface area (Å²) in [6, 6.07) is 21.9. The van der Waals surface area contributed by atoms with E-state index < -0.39 is 6.04 Å². The standard InChI is InChI=1S/C27H29FN2O3/c1-3-9-25(31)30(19-20-14-16-23(28)17-15-20)26(21-10-5-4-6-11-21)27(32)29-18-22-12-7-8-13-24(22)33-2/h4-8,10-17,26H,3,9,18-19H2,1-2H3,(H,29,32). The van der Waals surface area contributed by atoms with Crippen LogP contribution in [0.5, 0.6) is 5.75 Å². The van der Waals surface area contributed by atoms with Crippen LogP contribution in [0.1, 0.15) is 42.5 Å². The topological polar surface area (TPSA) is 58.6 Å². The zero-order valence-corrected chi connectivity index (χ0v) is 19.0. The summed E-state index contributed by atoms with van der Waals surface area (Å²) in [5.74, 6) is -0.0968. The number of nitrogens with zero attached hydrogens (tertiary/aromatic N) is 1. The number of amides is 2. The molecule has 2 amide bonds. The molecule has 0 fully saturated rings. The fraction of sp³-hybridized carbons (Fsp3) is 0.259. The molecule has 0 aliphatic rings. The van der Waals surface area contributed by atoms with Crippen LogP contribution in [0.25, 0.3) is 0 Å². The molecule has 0 aliphatic heterocycles. The van der Waals surface area contributed by atoms with Crippen LogP contribution in [0.15, 0.2) is 78.9 Å². The van der Waals surface area contributed by atoms with Gasteiger partial charge in [0.2, 0.25) is 11.8 Å². The number of methoxy groups -OCH3 is 1. The van der Waals surface area contributed by atoms with Gasteiger partial charge in [0.25, 0.3) is 0 Å². The molecule has 0 bridgehead atoms. The third kappa shape index (κ3) is 6.42. The van der Waals surface area contributed by atoms with Crippen LogP contribution in [-0.2, 0) is 22.7 Å². The van der Waals surface area contributed by atoms with Gasteiger partial charge in [-0.3, -0.25) is 9.59 Å². The van der Waals surface area contributed by atoms with Crippen molar-refractivity contribution in [3.05, 3.63) is 101 Å². The third-order valence-electron chi connectivity index (χ3n) is 5.37. The van der Waals surface area contributed by atoms with Crippen molar-refractivity contribution in [2.75, 3.05) is 7.11 Å². The number of hydrogen-bond donors (Lipinski definition) is 1. The molecule has 172 valence electrons. The molecule has 3 aromatic carbocycles. The zero-order chi connectivity index (χ0) is 23.6. The molecule has 0 radical (unpaired) electrons. The van der Waals surface area contributed by atoms with E-state index in [0.717, 1.165) is 11.1 Å². The summed E-state index contributed by atoms with van der Waals surface area (Å²) in [5, 5.41) is 2.97. The minimum absolute atomic E-state index is 0.136. The van der Waals surface area contributed by atoms with Crippen molar-refractivity contribution in [3.63, 3.8) is 0 Å². The molecule has 3 rings (SSSR count). The van der Waals surface area contributed by atoms with Crippen molar-refractivity contribution >= 4 is 11.8 Å². The fourth-order valence-corrected chi connectivity index (χ4v) is 3.70. The maximum Gasteiger partial charge on any atom is 0.247 e. The highest BCUT2D eigenvalue weighted by Gasteiger charge is 2.31. The van der Waals surface area contributed by atoms with Gasteiger partial charge < -0.3 is 15.0 Å². The Balaban J connectivity index is 1.92. The van der Waals surface area contributed by atoms with E-state index in [-0.39, 0.29) is 30.7 Å². The molecule has 0 saturated carbocycles. The molecule has 6 heteroatoms. The Morgan fingerprint density at radius 2 is 1.64 bits per heavy atom. The van der Waals surface area contributed by atoms with Crippen LogP contribution in [0.3, 0.4) is 0 Å². The lowest BCUT2D eigenvalue weighted by atomic mass is 10.0. The summed E-state index contributed by atoms with van der Waals surface area (Å²) < 4.78 is 18.8. The highest BCUT2D eigenvalue weighted by molar-refractivity contribution is 5.88. The van der Waals surface area contributed by atoms with Crippen molar-refractivity contribution in [1.82, 2.24) is 10.2 Å². The number of carbonyl (C=O) groups is 2. The first-order valence-electron chi connectivity index (χ1n) is 11.0. The number of benzene rings is 3. The van der Waals surface area contributed by atoms with Crippen molar-refractivity contribution in [2.45, 2.75) is 38.9 Å². The van der Waals surface area contributed by atoms with Crippen LogP contribution in [0, 0.1) is 5.82 Å². The lowest BCUT2D eigenvalue weighted by molar-refractivity contribution is -0.141. The average Bonchev–Trinajstić information content (AvgIpc) is 2.84. The summed E-state index contributed by atoms with van der Waals surface area (Å²) in [7, 11) is 1.58. The Labute approximate surface area is 194 Å². The van der Waals surface area contributed by atoms with Crippen molar-refractivity contribution in [2.24, 2.45) is 0 Å². The van der Waals surface area contributed by atoms with Crippen LogP contribution in [-0.4, -0.2) is 23.8 Å². The number of para-hydroxylation sites is 1. The smallest absolute Gasteiger partial charge is 0.247 e. The molecule has 5 nitrogen and oxygen atoms in total. The fourth-order valence-electron chi connectivity index (χ4n) is 3.70. The van der Waals surface area contributed by atoms with Gasteiger partial charge in [-0.05, 0) is 35.7 Å². The number of halogens is 1. The predicted octanol–water partition coefficient (Wildman–Crippen LogP) is 5.02. The molecule has 1 atom stereocenters. The van der Waals surface area contributed by atoms with Gasteiger partial charge in [0.15, 0.2) is 0 Å². The van der Waals surface area contributed by atoms with Crippen molar-refractivity contribution in [1.29, 1.82) is 0 Å². The number of nitrogens with one attached hydrogen (secondary N) is 1. The van der Waals surface area contributed by atoms with Crippen LogP contribution >= 0.6 is 0 Å². The van der Waals surface area contributed by atoms with E-state index in [2.05, 4.69) is 5.32 Å². The Hall–Kier alpha value is -3.67. The summed E-state index contributed by atoms with van der Waals surface area (Å²) in [6.45, 7) is 2.38. The molecular weight excluding hydrogens is 419 g/mol. The minimum Gasteiger partial charge on any atom is -0.496 e. The monoisotopic (exact) mass is 448 g/mol. The van der Waals surface area contributed by atoms with Gasteiger partial charge >= 0.3 is 0 Å². The second-order valence-electron chi connectivity index (χ2n) is 7.74. The number of hydrogen-bond acceptors (Lipinski definition) is 3. The summed E-state index contributed by atoms with van der Waals surface area (Å²) >= 11 is 0. The highest BCUT2D eigenvalue weighted by atomic mass is 19.1. The Morgan fingerprint density at radius 1 is 0.970 bits per heavy atom. The first kappa shape index (κ1) is 24.0. The van der Waals surface area contributed by atoms with E-state index in [0.29, 0.717) is 24.2 Å². The summed E-state index contributed by atoms with van der Waals surface area (Å²) in [5.41, 5.74) is 2.30. The number of carbonyl (C=O) groups excluding carboxylic acids is 2. The van der Waals surface area contributed by atoms with E-state index in [9.17, 15) is 14.0 Å². The quantitative estimate of drug-likeness (QED) is 0.474. The molecule has 0 spiro atoms. The second kappa shape index (κ2) is 11.8. The first-order chi connectivity index (χ1) is 16.0. The minimum atomic E-state index is -0.829. The van der Waals surface area contributed by atoms with E-state index in [1.807, 2.05) is 61.5 Å². The summed E-state index contributed by atoms with van der Waals surface area (Å²) in [6.07, 6.45) is 0.966. The molecule has 1 N–H and O–H groups in total.